The van der Waals surface area contributed by atoms with Crippen molar-refractivity contribution in [3.63, 3.8) is 0 Å². The zero-order valence-corrected chi connectivity index (χ0v) is 16.9. The van der Waals surface area contributed by atoms with Gasteiger partial charge < -0.3 is 10.6 Å². The highest BCUT2D eigenvalue weighted by Crippen LogP contribution is 2.32. The van der Waals surface area contributed by atoms with Crippen molar-refractivity contribution in [2.24, 2.45) is 0 Å². The molecule has 2 aromatic rings. The van der Waals surface area contributed by atoms with E-state index >= 15 is 0 Å². The lowest BCUT2D eigenvalue weighted by atomic mass is 10.2. The summed E-state index contributed by atoms with van der Waals surface area (Å²) in [5.74, 6) is -0.345. The highest BCUT2D eigenvalue weighted by atomic mass is 32.2. The van der Waals surface area contributed by atoms with E-state index in [0.717, 1.165) is 32.1 Å². The Morgan fingerprint density at radius 3 is 2.68 bits per heavy atom. The molecule has 1 heterocycles. The quantitative estimate of drug-likeness (QED) is 0.522. The standard InChI is InChI=1S/C20H26N4O3S/c1-2-11-21-17(25)12-22-18(26)13-28-20-23-16-10-6-5-9-15(16)19(27)24(20)14-7-3-4-8-14/h5-6,9-10,14H,2-4,7-8,11-13H2,1H3,(H,21,25)(H,22,26). The average Bonchev–Trinajstić information content (AvgIpc) is 3.23. The van der Waals surface area contributed by atoms with Crippen LogP contribution in [0.4, 0.5) is 0 Å². The summed E-state index contributed by atoms with van der Waals surface area (Å²) < 4.78 is 1.77. The van der Waals surface area contributed by atoms with Crippen molar-refractivity contribution in [1.29, 1.82) is 0 Å². The largest absolute Gasteiger partial charge is 0.355 e. The van der Waals surface area contributed by atoms with Gasteiger partial charge in [-0.15, -0.1) is 0 Å². The van der Waals surface area contributed by atoms with Crippen LogP contribution >= 0.6 is 11.8 Å². The number of fused-ring (bicyclic) bond motifs is 1. The summed E-state index contributed by atoms with van der Waals surface area (Å²) in [6, 6.07) is 7.44. The molecule has 1 aromatic carbocycles. The molecule has 1 aliphatic rings. The zero-order valence-electron chi connectivity index (χ0n) is 16.1. The second-order valence-corrected chi connectivity index (χ2v) is 7.88. The molecule has 1 aromatic heterocycles. The van der Waals surface area contributed by atoms with Gasteiger partial charge in [-0.05, 0) is 31.4 Å². The van der Waals surface area contributed by atoms with Crippen molar-refractivity contribution in [1.82, 2.24) is 20.2 Å². The number of nitrogens with one attached hydrogen (secondary N) is 2. The molecule has 0 atom stereocenters. The van der Waals surface area contributed by atoms with Crippen molar-refractivity contribution in [2.45, 2.75) is 50.2 Å². The van der Waals surface area contributed by atoms with Gasteiger partial charge in [0.15, 0.2) is 5.16 Å². The van der Waals surface area contributed by atoms with E-state index in [2.05, 4.69) is 15.6 Å². The summed E-state index contributed by atoms with van der Waals surface area (Å²) in [7, 11) is 0. The minimum atomic E-state index is -0.253. The third kappa shape index (κ3) is 4.92. The highest BCUT2D eigenvalue weighted by Gasteiger charge is 2.23. The molecular formula is C20H26N4O3S. The van der Waals surface area contributed by atoms with E-state index in [4.69, 9.17) is 0 Å². The third-order valence-electron chi connectivity index (χ3n) is 4.82. The summed E-state index contributed by atoms with van der Waals surface area (Å²) in [4.78, 5) is 41.5. The Morgan fingerprint density at radius 2 is 1.93 bits per heavy atom. The van der Waals surface area contributed by atoms with Crippen LogP contribution in [0.3, 0.4) is 0 Å². The maximum absolute atomic E-state index is 13.1. The molecule has 2 N–H and O–H groups in total. The lowest BCUT2D eigenvalue weighted by molar-refractivity contribution is -0.124. The van der Waals surface area contributed by atoms with E-state index in [-0.39, 0.29) is 35.7 Å². The van der Waals surface area contributed by atoms with Gasteiger partial charge in [0.05, 0.1) is 23.2 Å². The van der Waals surface area contributed by atoms with E-state index in [0.29, 0.717) is 22.6 Å². The fourth-order valence-electron chi connectivity index (χ4n) is 3.40. The number of benzene rings is 1. The number of para-hydroxylation sites is 1. The minimum Gasteiger partial charge on any atom is -0.355 e. The van der Waals surface area contributed by atoms with Crippen LogP contribution in [0, 0.1) is 0 Å². The van der Waals surface area contributed by atoms with Crippen molar-refractivity contribution >= 4 is 34.5 Å². The van der Waals surface area contributed by atoms with Gasteiger partial charge >= 0.3 is 0 Å². The highest BCUT2D eigenvalue weighted by molar-refractivity contribution is 7.99. The number of nitrogens with zero attached hydrogens (tertiary/aromatic N) is 2. The number of thioether (sulfide) groups is 1. The summed E-state index contributed by atoms with van der Waals surface area (Å²) in [6.45, 7) is 2.52. The van der Waals surface area contributed by atoms with E-state index in [1.54, 1.807) is 10.6 Å². The molecule has 0 spiro atoms. The van der Waals surface area contributed by atoms with E-state index in [1.165, 1.54) is 11.8 Å². The summed E-state index contributed by atoms with van der Waals surface area (Å²) in [5, 5.41) is 6.51. The second-order valence-electron chi connectivity index (χ2n) is 6.94. The lowest BCUT2D eigenvalue weighted by Crippen LogP contribution is -2.38. The second kappa shape index (κ2) is 9.73. The van der Waals surface area contributed by atoms with Crippen LogP contribution in [-0.4, -0.2) is 40.2 Å². The van der Waals surface area contributed by atoms with Crippen LogP contribution in [0.2, 0.25) is 0 Å². The van der Waals surface area contributed by atoms with Gasteiger partial charge in [0, 0.05) is 12.6 Å². The molecule has 0 bridgehead atoms. The Labute approximate surface area is 168 Å². The van der Waals surface area contributed by atoms with Gasteiger partial charge in [0.2, 0.25) is 11.8 Å². The third-order valence-corrected chi connectivity index (χ3v) is 5.77. The van der Waals surface area contributed by atoms with Crippen molar-refractivity contribution in [3.8, 4) is 0 Å². The molecular weight excluding hydrogens is 376 g/mol. The Morgan fingerprint density at radius 1 is 1.18 bits per heavy atom. The first-order valence-corrected chi connectivity index (χ1v) is 10.8. The number of hydrogen-bond donors (Lipinski definition) is 2. The molecule has 1 aliphatic carbocycles. The predicted molar refractivity (Wildman–Crippen MR) is 111 cm³/mol. The van der Waals surface area contributed by atoms with Crippen LogP contribution in [0.25, 0.3) is 10.9 Å². The zero-order chi connectivity index (χ0) is 19.9. The van der Waals surface area contributed by atoms with E-state index < -0.39 is 0 Å². The van der Waals surface area contributed by atoms with Gasteiger partial charge in [-0.25, -0.2) is 4.98 Å². The van der Waals surface area contributed by atoms with E-state index in [1.807, 2.05) is 25.1 Å². The number of rotatable bonds is 8. The molecule has 3 rings (SSSR count). The molecule has 0 unspecified atom stereocenters. The maximum atomic E-state index is 13.1. The number of amides is 2. The Hall–Kier alpha value is -2.35. The molecule has 0 radical (unpaired) electrons. The molecule has 7 nitrogen and oxygen atoms in total. The molecule has 2 amide bonds. The number of aromatic nitrogens is 2. The molecule has 0 saturated heterocycles. The predicted octanol–water partition coefficient (Wildman–Crippen LogP) is 2.25. The van der Waals surface area contributed by atoms with Gasteiger partial charge in [0.1, 0.15) is 0 Å². The minimum absolute atomic E-state index is 0.0417. The number of carbonyl (C=O) groups is 2. The summed E-state index contributed by atoms with van der Waals surface area (Å²) in [5.41, 5.74) is 0.600. The van der Waals surface area contributed by atoms with Crippen LogP contribution < -0.4 is 16.2 Å². The average molecular weight is 403 g/mol. The van der Waals surface area contributed by atoms with E-state index in [9.17, 15) is 14.4 Å². The molecule has 150 valence electrons. The number of hydrogen-bond acceptors (Lipinski definition) is 5. The van der Waals surface area contributed by atoms with Crippen molar-refractivity contribution < 1.29 is 9.59 Å². The van der Waals surface area contributed by atoms with Gasteiger partial charge in [0.25, 0.3) is 5.56 Å². The van der Waals surface area contributed by atoms with Gasteiger partial charge in [-0.2, -0.15) is 0 Å². The number of carbonyl (C=O) groups excluding carboxylic acids is 2. The lowest BCUT2D eigenvalue weighted by Gasteiger charge is -2.18. The topological polar surface area (TPSA) is 93.1 Å². The fraction of sp³-hybridized carbons (Fsp3) is 0.500. The van der Waals surface area contributed by atoms with Gasteiger partial charge in [-0.3, -0.25) is 19.0 Å². The maximum Gasteiger partial charge on any atom is 0.262 e. The fourth-order valence-corrected chi connectivity index (χ4v) is 4.29. The first kappa shape index (κ1) is 20.4. The normalized spacial score (nSPS) is 14.3. The van der Waals surface area contributed by atoms with Crippen molar-refractivity contribution in [3.05, 3.63) is 34.6 Å². The smallest absolute Gasteiger partial charge is 0.262 e. The van der Waals surface area contributed by atoms with Gasteiger partial charge in [-0.1, -0.05) is 43.7 Å². The van der Waals surface area contributed by atoms with Crippen molar-refractivity contribution in [2.75, 3.05) is 18.8 Å². The first-order valence-electron chi connectivity index (χ1n) is 9.77. The monoisotopic (exact) mass is 402 g/mol. The molecule has 28 heavy (non-hydrogen) atoms. The molecule has 1 fully saturated rings. The van der Waals surface area contributed by atoms with Crippen LogP contribution in [0.5, 0.6) is 0 Å². The van der Waals surface area contributed by atoms with Crippen LogP contribution in [0.1, 0.15) is 45.1 Å². The molecule has 1 saturated carbocycles. The first-order chi connectivity index (χ1) is 13.6. The van der Waals surface area contributed by atoms with Crippen LogP contribution in [0.15, 0.2) is 34.2 Å². The SMILES string of the molecule is CCCNC(=O)CNC(=O)CSc1nc2ccccc2c(=O)n1C1CCCC1. The Bertz CT molecular complexity index is 906. The molecule has 0 aliphatic heterocycles. The Balaban J connectivity index is 1.73. The summed E-state index contributed by atoms with van der Waals surface area (Å²) in [6.07, 6.45) is 4.96. The van der Waals surface area contributed by atoms with Crippen LogP contribution in [-0.2, 0) is 9.59 Å². The summed E-state index contributed by atoms with van der Waals surface area (Å²) >= 11 is 1.25. The molecule has 8 heteroatoms. The Kier molecular flexibility index (Phi) is 7.08.